The average molecular weight is 291 g/mol. The zero-order chi connectivity index (χ0) is 15.4. The maximum atomic E-state index is 5.40. The third-order valence-corrected chi connectivity index (χ3v) is 3.56. The zero-order valence-corrected chi connectivity index (χ0v) is 12.6. The first-order valence-corrected chi connectivity index (χ1v) is 7.05. The topological polar surface area (TPSA) is 31.4 Å². The molecule has 0 radical (unpaired) electrons. The van der Waals surface area contributed by atoms with Crippen molar-refractivity contribution in [3.63, 3.8) is 0 Å². The van der Waals surface area contributed by atoms with Crippen LogP contribution in [0.15, 0.2) is 54.7 Å². The molecule has 1 aromatic heterocycles. The molecular weight excluding hydrogens is 274 g/mol. The van der Waals surface area contributed by atoms with Gasteiger partial charge in [-0.05, 0) is 35.9 Å². The van der Waals surface area contributed by atoms with Gasteiger partial charge >= 0.3 is 0 Å². The number of para-hydroxylation sites is 1. The number of hydrogen-bond acceptors (Lipinski definition) is 3. The molecule has 0 amide bonds. The van der Waals surface area contributed by atoms with Crippen LogP contribution in [0.1, 0.15) is 11.1 Å². The summed E-state index contributed by atoms with van der Waals surface area (Å²) in [6.07, 6.45) is 5.93. The van der Waals surface area contributed by atoms with E-state index >= 15 is 0 Å². The van der Waals surface area contributed by atoms with E-state index in [0.717, 1.165) is 33.5 Å². The lowest BCUT2D eigenvalue weighted by atomic mass is 10.1. The van der Waals surface area contributed by atoms with Gasteiger partial charge in [0.1, 0.15) is 11.5 Å². The molecule has 3 nitrogen and oxygen atoms in total. The minimum atomic E-state index is 0.806. The highest BCUT2D eigenvalue weighted by atomic mass is 16.5. The quantitative estimate of drug-likeness (QED) is 0.713. The molecule has 0 bridgehead atoms. The SMILES string of the molecule is COc1ccc(OC)c(/C=C/c2ccnc3ccccc23)c1. The van der Waals surface area contributed by atoms with Gasteiger partial charge in [-0.2, -0.15) is 0 Å². The molecular formula is C19H17NO2. The third kappa shape index (κ3) is 2.79. The van der Waals surface area contributed by atoms with Crippen LogP contribution >= 0.6 is 0 Å². The molecule has 0 aliphatic heterocycles. The van der Waals surface area contributed by atoms with Crippen molar-refractivity contribution < 1.29 is 9.47 Å². The lowest BCUT2D eigenvalue weighted by Gasteiger charge is -2.07. The van der Waals surface area contributed by atoms with Gasteiger partial charge in [-0.3, -0.25) is 4.98 Å². The van der Waals surface area contributed by atoms with Crippen LogP contribution in [0.2, 0.25) is 0 Å². The van der Waals surface area contributed by atoms with Crippen LogP contribution in [-0.4, -0.2) is 19.2 Å². The van der Waals surface area contributed by atoms with Crippen LogP contribution < -0.4 is 9.47 Å². The van der Waals surface area contributed by atoms with Crippen molar-refractivity contribution in [1.29, 1.82) is 0 Å². The Morgan fingerprint density at radius 2 is 1.68 bits per heavy atom. The van der Waals surface area contributed by atoms with Crippen LogP contribution in [0.4, 0.5) is 0 Å². The highest BCUT2D eigenvalue weighted by molar-refractivity contribution is 5.90. The van der Waals surface area contributed by atoms with E-state index in [9.17, 15) is 0 Å². The second-order valence-electron chi connectivity index (χ2n) is 4.86. The Balaban J connectivity index is 2.03. The highest BCUT2D eigenvalue weighted by Crippen LogP contribution is 2.26. The summed E-state index contributed by atoms with van der Waals surface area (Å²) in [5, 5.41) is 1.13. The largest absolute Gasteiger partial charge is 0.497 e. The summed E-state index contributed by atoms with van der Waals surface area (Å²) in [7, 11) is 3.33. The van der Waals surface area contributed by atoms with Gasteiger partial charge in [0.15, 0.2) is 0 Å². The minimum Gasteiger partial charge on any atom is -0.497 e. The van der Waals surface area contributed by atoms with Gasteiger partial charge in [0.05, 0.1) is 19.7 Å². The predicted octanol–water partition coefficient (Wildman–Crippen LogP) is 4.42. The van der Waals surface area contributed by atoms with Gasteiger partial charge in [0, 0.05) is 17.1 Å². The average Bonchev–Trinajstić information content (AvgIpc) is 2.59. The van der Waals surface area contributed by atoms with Crippen LogP contribution in [0.3, 0.4) is 0 Å². The van der Waals surface area contributed by atoms with Crippen LogP contribution in [-0.2, 0) is 0 Å². The van der Waals surface area contributed by atoms with E-state index in [1.807, 2.05) is 54.7 Å². The molecule has 110 valence electrons. The van der Waals surface area contributed by atoms with Gasteiger partial charge in [-0.25, -0.2) is 0 Å². The number of hydrogen-bond donors (Lipinski definition) is 0. The summed E-state index contributed by atoms with van der Waals surface area (Å²) < 4.78 is 10.7. The number of pyridine rings is 1. The van der Waals surface area contributed by atoms with E-state index in [2.05, 4.69) is 17.1 Å². The fraction of sp³-hybridized carbons (Fsp3) is 0.105. The molecule has 0 unspecified atom stereocenters. The fourth-order valence-electron chi connectivity index (χ4n) is 2.41. The van der Waals surface area contributed by atoms with E-state index in [0.29, 0.717) is 0 Å². The Hall–Kier alpha value is -2.81. The van der Waals surface area contributed by atoms with Crippen molar-refractivity contribution in [1.82, 2.24) is 4.98 Å². The fourth-order valence-corrected chi connectivity index (χ4v) is 2.41. The molecule has 3 heteroatoms. The molecule has 0 N–H and O–H groups in total. The molecule has 2 aromatic carbocycles. The molecule has 0 aliphatic carbocycles. The molecule has 3 aromatic rings. The van der Waals surface area contributed by atoms with Crippen molar-refractivity contribution in [2.24, 2.45) is 0 Å². The van der Waals surface area contributed by atoms with Gasteiger partial charge < -0.3 is 9.47 Å². The van der Waals surface area contributed by atoms with Gasteiger partial charge in [-0.1, -0.05) is 30.4 Å². The number of benzene rings is 2. The molecule has 0 atom stereocenters. The van der Waals surface area contributed by atoms with E-state index in [-0.39, 0.29) is 0 Å². The molecule has 0 fully saturated rings. The second-order valence-corrected chi connectivity index (χ2v) is 4.86. The Kier molecular flexibility index (Phi) is 4.05. The number of methoxy groups -OCH3 is 2. The van der Waals surface area contributed by atoms with Gasteiger partial charge in [0.2, 0.25) is 0 Å². The van der Waals surface area contributed by atoms with Gasteiger partial charge in [-0.15, -0.1) is 0 Å². The van der Waals surface area contributed by atoms with E-state index in [4.69, 9.17) is 9.47 Å². The first-order chi connectivity index (χ1) is 10.8. The Labute approximate surface area is 129 Å². The Morgan fingerprint density at radius 1 is 0.864 bits per heavy atom. The summed E-state index contributed by atoms with van der Waals surface area (Å²) in [5.74, 6) is 1.62. The number of fused-ring (bicyclic) bond motifs is 1. The van der Waals surface area contributed by atoms with Crippen LogP contribution in [0.25, 0.3) is 23.1 Å². The maximum absolute atomic E-state index is 5.40. The first-order valence-electron chi connectivity index (χ1n) is 7.05. The Morgan fingerprint density at radius 3 is 2.50 bits per heavy atom. The van der Waals surface area contributed by atoms with Crippen molar-refractivity contribution in [3.8, 4) is 11.5 Å². The summed E-state index contributed by atoms with van der Waals surface area (Å²) in [5.41, 5.74) is 3.08. The smallest absolute Gasteiger partial charge is 0.126 e. The molecule has 0 saturated heterocycles. The standard InChI is InChI=1S/C19H17NO2/c1-21-16-9-10-19(22-2)15(13-16)8-7-14-11-12-20-18-6-4-3-5-17(14)18/h3-13H,1-2H3/b8-7+. The minimum absolute atomic E-state index is 0.806. The Bertz CT molecular complexity index is 819. The maximum Gasteiger partial charge on any atom is 0.126 e. The summed E-state index contributed by atoms with van der Waals surface area (Å²) in [4.78, 5) is 4.38. The number of nitrogens with zero attached hydrogens (tertiary/aromatic N) is 1. The van der Waals surface area contributed by atoms with Crippen molar-refractivity contribution in [2.45, 2.75) is 0 Å². The summed E-state index contributed by atoms with van der Waals surface area (Å²) in [6, 6.07) is 15.9. The number of rotatable bonds is 4. The lowest BCUT2D eigenvalue weighted by molar-refractivity contribution is 0.402. The second kappa shape index (κ2) is 6.31. The molecule has 3 rings (SSSR count). The molecule has 0 spiro atoms. The van der Waals surface area contributed by atoms with E-state index in [1.54, 1.807) is 14.2 Å². The molecule has 22 heavy (non-hydrogen) atoms. The highest BCUT2D eigenvalue weighted by Gasteiger charge is 2.03. The summed E-state index contributed by atoms with van der Waals surface area (Å²) >= 11 is 0. The number of aromatic nitrogens is 1. The third-order valence-electron chi connectivity index (χ3n) is 3.56. The molecule has 0 aliphatic rings. The van der Waals surface area contributed by atoms with Crippen LogP contribution in [0, 0.1) is 0 Å². The van der Waals surface area contributed by atoms with Crippen molar-refractivity contribution >= 4 is 23.1 Å². The first kappa shape index (κ1) is 14.1. The predicted molar refractivity (Wildman–Crippen MR) is 90.2 cm³/mol. The van der Waals surface area contributed by atoms with Crippen molar-refractivity contribution in [3.05, 3.63) is 65.9 Å². The van der Waals surface area contributed by atoms with E-state index in [1.165, 1.54) is 0 Å². The lowest BCUT2D eigenvalue weighted by Crippen LogP contribution is -1.89. The zero-order valence-electron chi connectivity index (χ0n) is 12.6. The molecule has 1 heterocycles. The van der Waals surface area contributed by atoms with Crippen LogP contribution in [0.5, 0.6) is 11.5 Å². The van der Waals surface area contributed by atoms with Gasteiger partial charge in [0.25, 0.3) is 0 Å². The monoisotopic (exact) mass is 291 g/mol. The molecule has 0 saturated carbocycles. The number of ether oxygens (including phenoxy) is 2. The normalized spacial score (nSPS) is 11.0. The van der Waals surface area contributed by atoms with Crippen molar-refractivity contribution in [2.75, 3.05) is 14.2 Å². The summed E-state index contributed by atoms with van der Waals surface area (Å²) in [6.45, 7) is 0. The van der Waals surface area contributed by atoms with E-state index < -0.39 is 0 Å².